The number of carboxylic acid groups (broad SMARTS) is 1. The van der Waals surface area contributed by atoms with Crippen molar-refractivity contribution in [2.45, 2.75) is 6.10 Å². The summed E-state index contributed by atoms with van der Waals surface area (Å²) in [5.74, 6) is -0.251. The molecule has 2 aliphatic heterocycles. The van der Waals surface area contributed by atoms with E-state index in [9.17, 15) is 4.79 Å². The molecule has 0 aromatic heterocycles. The summed E-state index contributed by atoms with van der Waals surface area (Å²) in [6.07, 6.45) is 0.0416. The summed E-state index contributed by atoms with van der Waals surface area (Å²) in [7, 11) is 1.63. The summed E-state index contributed by atoms with van der Waals surface area (Å²) >= 11 is 0. The molecule has 6 heteroatoms. The molecule has 2 saturated heterocycles. The average Bonchev–Trinajstić information content (AvgIpc) is 2.46. The van der Waals surface area contributed by atoms with Crippen LogP contribution in [0.15, 0.2) is 18.2 Å². The lowest BCUT2D eigenvalue weighted by Gasteiger charge is -2.39. The van der Waals surface area contributed by atoms with Crippen LogP contribution in [-0.2, 0) is 9.53 Å². The first kappa shape index (κ1) is 14.2. The van der Waals surface area contributed by atoms with Crippen molar-refractivity contribution in [3.63, 3.8) is 0 Å². The van der Waals surface area contributed by atoms with Gasteiger partial charge in [-0.1, -0.05) is 6.07 Å². The number of carbonyl (C=O) groups is 1. The number of nitrogens with one attached hydrogen (secondary N) is 1. The van der Waals surface area contributed by atoms with Crippen LogP contribution in [0, 0.1) is 5.92 Å². The number of carboxylic acids is 1. The van der Waals surface area contributed by atoms with Crippen molar-refractivity contribution in [1.29, 1.82) is 0 Å². The SMILES string of the molecule is COc1ccc(C2CNCCO2)cc1N1CC(C(=O)O)C1. The minimum atomic E-state index is -0.735. The Morgan fingerprint density at radius 1 is 1.48 bits per heavy atom. The third-order valence-electron chi connectivity index (χ3n) is 4.07. The van der Waals surface area contributed by atoms with Crippen molar-refractivity contribution < 1.29 is 19.4 Å². The highest BCUT2D eigenvalue weighted by Gasteiger charge is 2.34. The summed E-state index contributed by atoms with van der Waals surface area (Å²) in [5.41, 5.74) is 2.04. The monoisotopic (exact) mass is 292 g/mol. The third-order valence-corrected chi connectivity index (χ3v) is 4.07. The lowest BCUT2D eigenvalue weighted by Crippen LogP contribution is -2.50. The van der Waals surface area contributed by atoms with E-state index >= 15 is 0 Å². The molecule has 114 valence electrons. The summed E-state index contributed by atoms with van der Waals surface area (Å²) < 4.78 is 11.2. The molecule has 0 bridgehead atoms. The van der Waals surface area contributed by atoms with Crippen LogP contribution in [0.5, 0.6) is 5.75 Å². The topological polar surface area (TPSA) is 71.0 Å². The fourth-order valence-electron chi connectivity index (χ4n) is 2.77. The fraction of sp³-hybridized carbons (Fsp3) is 0.533. The Balaban J connectivity index is 1.79. The number of hydrogen-bond donors (Lipinski definition) is 2. The maximum absolute atomic E-state index is 10.9. The number of morpholine rings is 1. The molecule has 21 heavy (non-hydrogen) atoms. The molecular formula is C15H20N2O4. The van der Waals surface area contributed by atoms with Crippen molar-refractivity contribution in [2.75, 3.05) is 44.8 Å². The zero-order valence-corrected chi connectivity index (χ0v) is 12.0. The number of methoxy groups -OCH3 is 1. The van der Waals surface area contributed by atoms with Crippen molar-refractivity contribution in [1.82, 2.24) is 5.32 Å². The predicted molar refractivity (Wildman–Crippen MR) is 77.9 cm³/mol. The number of ether oxygens (including phenoxy) is 2. The van der Waals surface area contributed by atoms with E-state index in [1.165, 1.54) is 0 Å². The second kappa shape index (κ2) is 5.91. The molecule has 6 nitrogen and oxygen atoms in total. The first-order valence-corrected chi connectivity index (χ1v) is 7.17. The van der Waals surface area contributed by atoms with Crippen molar-refractivity contribution in [3.05, 3.63) is 23.8 Å². The van der Waals surface area contributed by atoms with E-state index in [2.05, 4.69) is 11.4 Å². The Hall–Kier alpha value is -1.79. The summed E-state index contributed by atoms with van der Waals surface area (Å²) in [6, 6.07) is 5.99. The number of anilines is 1. The Morgan fingerprint density at radius 3 is 2.90 bits per heavy atom. The van der Waals surface area contributed by atoms with Crippen LogP contribution in [0.2, 0.25) is 0 Å². The maximum Gasteiger partial charge on any atom is 0.310 e. The summed E-state index contributed by atoms with van der Waals surface area (Å²) in [4.78, 5) is 13.0. The van der Waals surface area contributed by atoms with E-state index in [0.717, 1.165) is 30.1 Å². The van der Waals surface area contributed by atoms with Gasteiger partial charge in [-0.05, 0) is 17.7 Å². The molecule has 0 aliphatic carbocycles. The van der Waals surface area contributed by atoms with Gasteiger partial charge in [0, 0.05) is 26.2 Å². The van der Waals surface area contributed by atoms with Crippen molar-refractivity contribution >= 4 is 11.7 Å². The second-order valence-electron chi connectivity index (χ2n) is 5.43. The Kier molecular flexibility index (Phi) is 3.98. The van der Waals surface area contributed by atoms with Gasteiger partial charge in [0.15, 0.2) is 0 Å². The van der Waals surface area contributed by atoms with Gasteiger partial charge in [-0.25, -0.2) is 0 Å². The smallest absolute Gasteiger partial charge is 0.310 e. The average molecular weight is 292 g/mol. The molecule has 0 radical (unpaired) electrons. The summed E-state index contributed by atoms with van der Waals surface area (Å²) in [5, 5.41) is 12.3. The lowest BCUT2D eigenvalue weighted by molar-refractivity contribution is -0.142. The van der Waals surface area contributed by atoms with Crippen LogP contribution in [-0.4, -0.2) is 51.0 Å². The Labute approximate surface area is 123 Å². The normalized spacial score (nSPS) is 22.7. The van der Waals surface area contributed by atoms with E-state index in [4.69, 9.17) is 14.6 Å². The standard InChI is InChI=1S/C15H20N2O4/c1-20-13-3-2-10(14-7-16-4-5-21-14)6-12(13)17-8-11(9-17)15(18)19/h2-3,6,11,14,16H,4-5,7-9H2,1H3,(H,18,19). The van der Waals surface area contributed by atoms with Gasteiger partial charge in [-0.3, -0.25) is 4.79 Å². The summed E-state index contributed by atoms with van der Waals surface area (Å²) in [6.45, 7) is 3.43. The fourth-order valence-corrected chi connectivity index (χ4v) is 2.77. The van der Waals surface area contributed by atoms with Crippen LogP contribution in [0.1, 0.15) is 11.7 Å². The Morgan fingerprint density at radius 2 is 2.29 bits per heavy atom. The van der Waals surface area contributed by atoms with Crippen LogP contribution >= 0.6 is 0 Å². The second-order valence-corrected chi connectivity index (χ2v) is 5.43. The van der Waals surface area contributed by atoms with Gasteiger partial charge in [-0.15, -0.1) is 0 Å². The Bertz CT molecular complexity index is 522. The highest BCUT2D eigenvalue weighted by Crippen LogP contribution is 2.36. The molecule has 0 amide bonds. The van der Waals surface area contributed by atoms with E-state index < -0.39 is 5.97 Å². The molecule has 2 N–H and O–H groups in total. The molecule has 0 spiro atoms. The highest BCUT2D eigenvalue weighted by molar-refractivity contribution is 5.75. The van der Waals surface area contributed by atoms with Crippen molar-refractivity contribution in [3.8, 4) is 5.75 Å². The molecule has 2 heterocycles. The predicted octanol–water partition coefficient (Wildman–Crippen LogP) is 0.877. The molecule has 1 atom stereocenters. The molecule has 2 fully saturated rings. The number of aliphatic carboxylic acids is 1. The molecule has 2 aliphatic rings. The number of nitrogens with zero attached hydrogens (tertiary/aromatic N) is 1. The molecule has 3 rings (SSSR count). The molecular weight excluding hydrogens is 272 g/mol. The van der Waals surface area contributed by atoms with E-state index in [1.54, 1.807) is 7.11 Å². The van der Waals surface area contributed by atoms with Crippen molar-refractivity contribution in [2.24, 2.45) is 5.92 Å². The van der Waals surface area contributed by atoms with Gasteiger partial charge < -0.3 is 24.8 Å². The minimum absolute atomic E-state index is 0.0416. The van der Waals surface area contributed by atoms with E-state index in [-0.39, 0.29) is 12.0 Å². The maximum atomic E-state index is 10.9. The molecule has 1 unspecified atom stereocenters. The van der Waals surface area contributed by atoms with Crippen LogP contribution in [0.4, 0.5) is 5.69 Å². The van der Waals surface area contributed by atoms with E-state index in [0.29, 0.717) is 19.7 Å². The van der Waals surface area contributed by atoms with Crippen LogP contribution in [0.3, 0.4) is 0 Å². The van der Waals surface area contributed by atoms with Gasteiger partial charge in [0.2, 0.25) is 0 Å². The van der Waals surface area contributed by atoms with Gasteiger partial charge in [0.1, 0.15) is 5.75 Å². The van der Waals surface area contributed by atoms with Gasteiger partial charge in [0.25, 0.3) is 0 Å². The first-order chi connectivity index (χ1) is 10.2. The van der Waals surface area contributed by atoms with Crippen LogP contribution < -0.4 is 15.0 Å². The number of benzene rings is 1. The molecule has 1 aromatic carbocycles. The zero-order valence-electron chi connectivity index (χ0n) is 12.0. The highest BCUT2D eigenvalue weighted by atomic mass is 16.5. The van der Waals surface area contributed by atoms with E-state index in [1.807, 2.05) is 17.0 Å². The van der Waals surface area contributed by atoms with Gasteiger partial charge in [0.05, 0.1) is 31.4 Å². The lowest BCUT2D eigenvalue weighted by atomic mass is 9.98. The largest absolute Gasteiger partial charge is 0.495 e. The number of hydrogen-bond acceptors (Lipinski definition) is 5. The van der Waals surface area contributed by atoms with Gasteiger partial charge in [-0.2, -0.15) is 0 Å². The first-order valence-electron chi connectivity index (χ1n) is 7.17. The van der Waals surface area contributed by atoms with Gasteiger partial charge >= 0.3 is 5.97 Å². The third kappa shape index (κ3) is 2.82. The minimum Gasteiger partial charge on any atom is -0.495 e. The van der Waals surface area contributed by atoms with Crippen LogP contribution in [0.25, 0.3) is 0 Å². The quantitative estimate of drug-likeness (QED) is 0.858. The molecule has 0 saturated carbocycles. The molecule has 1 aromatic rings. The zero-order chi connectivity index (χ0) is 14.8. The number of rotatable bonds is 4.